The first-order valence-corrected chi connectivity index (χ1v) is 8.41. The van der Waals surface area contributed by atoms with E-state index >= 15 is 0 Å². The summed E-state index contributed by atoms with van der Waals surface area (Å²) >= 11 is 0. The fourth-order valence-corrected chi connectivity index (χ4v) is 3.56. The lowest BCUT2D eigenvalue weighted by Gasteiger charge is -2.30. The molecule has 1 aromatic rings. The van der Waals surface area contributed by atoms with E-state index in [2.05, 4.69) is 18.8 Å². The molecule has 0 radical (unpaired) electrons. The molecule has 2 amide bonds. The SMILES string of the molecule is C=C1c2ccccc2C(=O)N1[C@H](C)C(=O)NC1CCC(C)CC1. The lowest BCUT2D eigenvalue weighted by molar-refractivity contribution is -0.125. The maximum atomic E-state index is 12.6. The van der Waals surface area contributed by atoms with Gasteiger partial charge in [0, 0.05) is 22.9 Å². The topological polar surface area (TPSA) is 49.4 Å². The molecular weight excluding hydrogens is 288 g/mol. The average Bonchev–Trinajstić information content (AvgIpc) is 2.81. The maximum Gasteiger partial charge on any atom is 0.259 e. The van der Waals surface area contributed by atoms with Gasteiger partial charge in [0.2, 0.25) is 5.91 Å². The smallest absolute Gasteiger partial charge is 0.259 e. The summed E-state index contributed by atoms with van der Waals surface area (Å²) in [6, 6.07) is 7.07. The summed E-state index contributed by atoms with van der Waals surface area (Å²) in [7, 11) is 0. The molecule has 1 aliphatic carbocycles. The van der Waals surface area contributed by atoms with Crippen molar-refractivity contribution in [2.45, 2.75) is 51.6 Å². The zero-order chi connectivity index (χ0) is 16.6. The first-order chi connectivity index (χ1) is 11.0. The summed E-state index contributed by atoms with van der Waals surface area (Å²) in [6.45, 7) is 8.04. The van der Waals surface area contributed by atoms with Crippen LogP contribution in [0.3, 0.4) is 0 Å². The molecule has 23 heavy (non-hydrogen) atoms. The van der Waals surface area contributed by atoms with Gasteiger partial charge in [-0.05, 0) is 44.6 Å². The standard InChI is InChI=1S/C19H24N2O2/c1-12-8-10-15(11-9-12)20-18(22)14(3)21-13(2)16-6-4-5-7-17(16)19(21)23/h4-7,12,14-15H,2,8-11H2,1,3H3,(H,20,22)/t12?,14-,15?/m1/s1. The summed E-state index contributed by atoms with van der Waals surface area (Å²) < 4.78 is 0. The Morgan fingerprint density at radius 1 is 1.22 bits per heavy atom. The molecule has 0 aromatic heterocycles. The van der Waals surface area contributed by atoms with E-state index in [4.69, 9.17) is 0 Å². The fourth-order valence-electron chi connectivity index (χ4n) is 3.56. The molecule has 0 spiro atoms. The lowest BCUT2D eigenvalue weighted by atomic mass is 9.87. The number of benzene rings is 1. The molecule has 1 saturated carbocycles. The van der Waals surface area contributed by atoms with Crippen LogP contribution >= 0.6 is 0 Å². The molecule has 122 valence electrons. The van der Waals surface area contributed by atoms with Gasteiger partial charge in [0.1, 0.15) is 6.04 Å². The molecule has 1 aliphatic heterocycles. The van der Waals surface area contributed by atoms with Crippen molar-refractivity contribution in [2.24, 2.45) is 5.92 Å². The Bertz CT molecular complexity index is 610. The van der Waals surface area contributed by atoms with Crippen LogP contribution in [0.25, 0.3) is 5.70 Å². The van der Waals surface area contributed by atoms with Crippen molar-refractivity contribution in [2.75, 3.05) is 0 Å². The second-order valence-electron chi connectivity index (χ2n) is 6.81. The van der Waals surface area contributed by atoms with Crippen molar-refractivity contribution >= 4 is 17.5 Å². The molecular formula is C19H24N2O2. The van der Waals surface area contributed by atoms with E-state index in [9.17, 15) is 9.59 Å². The van der Waals surface area contributed by atoms with Crippen molar-refractivity contribution in [1.82, 2.24) is 10.2 Å². The summed E-state index contributed by atoms with van der Waals surface area (Å²) in [6.07, 6.45) is 4.35. The molecule has 2 aliphatic rings. The van der Waals surface area contributed by atoms with Gasteiger partial charge in [-0.3, -0.25) is 14.5 Å². The van der Waals surface area contributed by atoms with Crippen molar-refractivity contribution in [3.8, 4) is 0 Å². The number of carbonyl (C=O) groups excluding carboxylic acids is 2. The van der Waals surface area contributed by atoms with Crippen LogP contribution < -0.4 is 5.32 Å². The predicted molar refractivity (Wildman–Crippen MR) is 90.7 cm³/mol. The highest BCUT2D eigenvalue weighted by Crippen LogP contribution is 2.33. The maximum absolute atomic E-state index is 12.6. The molecule has 4 nitrogen and oxygen atoms in total. The van der Waals surface area contributed by atoms with E-state index in [1.165, 1.54) is 4.90 Å². The molecule has 1 atom stereocenters. The number of carbonyl (C=O) groups is 2. The van der Waals surface area contributed by atoms with Crippen LogP contribution in [0.1, 0.15) is 55.5 Å². The van der Waals surface area contributed by atoms with E-state index in [-0.39, 0.29) is 17.9 Å². The Kier molecular flexibility index (Phi) is 4.24. The van der Waals surface area contributed by atoms with E-state index in [0.717, 1.165) is 37.2 Å². The third kappa shape index (κ3) is 2.90. The monoisotopic (exact) mass is 312 g/mol. The van der Waals surface area contributed by atoms with Gasteiger partial charge in [-0.1, -0.05) is 31.7 Å². The van der Waals surface area contributed by atoms with Crippen LogP contribution in [-0.4, -0.2) is 28.8 Å². The van der Waals surface area contributed by atoms with E-state index in [0.29, 0.717) is 11.3 Å². The minimum absolute atomic E-state index is 0.0909. The van der Waals surface area contributed by atoms with Gasteiger partial charge in [0.05, 0.1) is 0 Å². The van der Waals surface area contributed by atoms with Gasteiger partial charge in [-0.25, -0.2) is 0 Å². The van der Waals surface area contributed by atoms with E-state index in [1.54, 1.807) is 13.0 Å². The number of hydrogen-bond acceptors (Lipinski definition) is 2. The summed E-state index contributed by atoms with van der Waals surface area (Å²) in [5, 5.41) is 3.11. The van der Waals surface area contributed by atoms with Crippen LogP contribution in [0.2, 0.25) is 0 Å². The highest BCUT2D eigenvalue weighted by atomic mass is 16.2. The summed E-state index contributed by atoms with van der Waals surface area (Å²) in [4.78, 5) is 26.7. The largest absolute Gasteiger partial charge is 0.352 e. The van der Waals surface area contributed by atoms with Crippen LogP contribution in [0.4, 0.5) is 0 Å². The number of hydrogen-bond donors (Lipinski definition) is 1. The van der Waals surface area contributed by atoms with Crippen molar-refractivity contribution in [1.29, 1.82) is 0 Å². The zero-order valence-corrected chi connectivity index (χ0v) is 13.8. The highest BCUT2D eigenvalue weighted by molar-refractivity contribution is 6.10. The Balaban J connectivity index is 1.69. The molecule has 3 rings (SSSR count). The normalized spacial score (nSPS) is 25.2. The number of nitrogens with zero attached hydrogens (tertiary/aromatic N) is 1. The van der Waals surface area contributed by atoms with Crippen molar-refractivity contribution in [3.63, 3.8) is 0 Å². The third-order valence-corrected chi connectivity index (χ3v) is 5.11. The number of rotatable bonds is 3. The Labute approximate surface area is 137 Å². The average molecular weight is 312 g/mol. The van der Waals surface area contributed by atoms with E-state index < -0.39 is 6.04 Å². The Morgan fingerprint density at radius 2 is 1.83 bits per heavy atom. The van der Waals surface area contributed by atoms with Crippen molar-refractivity contribution < 1.29 is 9.59 Å². The minimum Gasteiger partial charge on any atom is -0.352 e. The fraction of sp³-hybridized carbons (Fsp3) is 0.474. The first kappa shape index (κ1) is 15.8. The summed E-state index contributed by atoms with van der Waals surface area (Å²) in [5.74, 6) is 0.521. The Hall–Kier alpha value is -2.10. The molecule has 1 heterocycles. The molecule has 4 heteroatoms. The summed E-state index contributed by atoms with van der Waals surface area (Å²) in [5.41, 5.74) is 2.07. The molecule has 1 fully saturated rings. The van der Waals surface area contributed by atoms with Crippen LogP contribution in [0.15, 0.2) is 30.8 Å². The second kappa shape index (κ2) is 6.19. The van der Waals surface area contributed by atoms with Crippen LogP contribution in [-0.2, 0) is 4.79 Å². The molecule has 0 bridgehead atoms. The predicted octanol–water partition coefficient (Wildman–Crippen LogP) is 3.20. The third-order valence-electron chi connectivity index (χ3n) is 5.11. The molecule has 1 N–H and O–H groups in total. The van der Waals surface area contributed by atoms with Crippen LogP contribution in [0, 0.1) is 5.92 Å². The van der Waals surface area contributed by atoms with Gasteiger partial charge >= 0.3 is 0 Å². The second-order valence-corrected chi connectivity index (χ2v) is 6.81. The quantitative estimate of drug-likeness (QED) is 0.932. The zero-order valence-electron chi connectivity index (χ0n) is 13.8. The first-order valence-electron chi connectivity index (χ1n) is 8.41. The van der Waals surface area contributed by atoms with Crippen LogP contribution in [0.5, 0.6) is 0 Å². The van der Waals surface area contributed by atoms with Gasteiger partial charge in [0.25, 0.3) is 5.91 Å². The molecule has 0 unspecified atom stereocenters. The highest BCUT2D eigenvalue weighted by Gasteiger charge is 2.37. The number of fused-ring (bicyclic) bond motifs is 1. The minimum atomic E-state index is -0.540. The Morgan fingerprint density at radius 3 is 2.43 bits per heavy atom. The van der Waals surface area contributed by atoms with E-state index in [1.807, 2.05) is 18.2 Å². The number of nitrogens with one attached hydrogen (secondary N) is 1. The van der Waals surface area contributed by atoms with Gasteiger partial charge in [0.15, 0.2) is 0 Å². The van der Waals surface area contributed by atoms with Crippen molar-refractivity contribution in [3.05, 3.63) is 42.0 Å². The van der Waals surface area contributed by atoms with Gasteiger partial charge < -0.3 is 5.32 Å². The van der Waals surface area contributed by atoms with Gasteiger partial charge in [-0.15, -0.1) is 0 Å². The van der Waals surface area contributed by atoms with Gasteiger partial charge in [-0.2, -0.15) is 0 Å². The molecule has 0 saturated heterocycles. The number of amides is 2. The molecule has 1 aromatic carbocycles. The lowest BCUT2D eigenvalue weighted by Crippen LogP contribution is -2.48.